The monoisotopic (exact) mass is 248 g/mol. The Bertz CT molecular complexity index is 405. The molecular weight excluding hydrogens is 235 g/mol. The molecule has 0 saturated heterocycles. The fourth-order valence-electron chi connectivity index (χ4n) is 0.922. The van der Waals surface area contributed by atoms with Gasteiger partial charge in [-0.25, -0.2) is 4.98 Å². The Balaban J connectivity index is 3.06. The van der Waals surface area contributed by atoms with E-state index in [1.165, 1.54) is 0 Å². The van der Waals surface area contributed by atoms with Crippen LogP contribution in [0.5, 0.6) is 5.88 Å². The van der Waals surface area contributed by atoms with Gasteiger partial charge in [-0.3, -0.25) is 0 Å². The van der Waals surface area contributed by atoms with Crippen LogP contribution in [0.4, 0.5) is 0 Å². The van der Waals surface area contributed by atoms with Crippen LogP contribution in [0.1, 0.15) is 31.2 Å². The fraction of sp³-hybridized carbons (Fsp3) is 0.500. The predicted octanol–water partition coefficient (Wildman–Crippen LogP) is 1.50. The highest BCUT2D eigenvalue weighted by atomic mass is 32.5. The van der Waals surface area contributed by atoms with Gasteiger partial charge in [0.2, 0.25) is 5.88 Å². The van der Waals surface area contributed by atoms with Gasteiger partial charge in [0.25, 0.3) is 0 Å². The minimum absolute atomic E-state index is 0.141. The first-order valence-electron chi connectivity index (χ1n) is 4.38. The van der Waals surface area contributed by atoms with Crippen molar-refractivity contribution in [3.05, 3.63) is 17.6 Å². The summed E-state index contributed by atoms with van der Waals surface area (Å²) in [5, 5.41) is 0. The van der Waals surface area contributed by atoms with E-state index >= 15 is 0 Å². The van der Waals surface area contributed by atoms with Crippen LogP contribution in [-0.2, 0) is 11.8 Å². The maximum absolute atomic E-state index is 9.02. The summed E-state index contributed by atoms with van der Waals surface area (Å²) < 4.78 is 4.81. The van der Waals surface area contributed by atoms with Crippen LogP contribution in [0, 0.1) is 6.92 Å². The highest BCUT2D eigenvalue weighted by Crippen LogP contribution is 2.38. The average molecular weight is 248 g/mol. The van der Waals surface area contributed by atoms with E-state index < -0.39 is 6.72 Å². The zero-order chi connectivity index (χ0) is 11.6. The number of aromatic nitrogens is 2. The summed E-state index contributed by atoms with van der Waals surface area (Å²) in [6, 6.07) is 0. The molecule has 0 aliphatic carbocycles. The summed E-state index contributed by atoms with van der Waals surface area (Å²) in [5.41, 5.74) is 0.622. The second kappa shape index (κ2) is 4.53. The van der Waals surface area contributed by atoms with Crippen LogP contribution in [0.25, 0.3) is 0 Å². The van der Waals surface area contributed by atoms with Crippen LogP contribution in [0.2, 0.25) is 0 Å². The minimum atomic E-state index is -3.72. The number of hydrogen-bond donors (Lipinski definition) is 2. The van der Waals surface area contributed by atoms with Gasteiger partial charge in [0, 0.05) is 29.5 Å². The molecule has 7 heteroatoms. The summed E-state index contributed by atoms with van der Waals surface area (Å²) in [6.45, 7) is 1.86. The van der Waals surface area contributed by atoms with Crippen LogP contribution in [-0.4, -0.2) is 19.8 Å². The lowest BCUT2D eigenvalue weighted by Crippen LogP contribution is -2.02. The largest absolute Gasteiger partial charge is 0.405 e. The van der Waals surface area contributed by atoms with Gasteiger partial charge in [-0.2, -0.15) is 4.98 Å². The van der Waals surface area contributed by atoms with Crippen molar-refractivity contribution < 1.29 is 14.3 Å². The van der Waals surface area contributed by atoms with E-state index in [2.05, 4.69) is 21.8 Å². The highest BCUT2D eigenvalue weighted by Gasteiger charge is 2.15. The van der Waals surface area contributed by atoms with Gasteiger partial charge in [0.15, 0.2) is 0 Å². The first-order valence-corrected chi connectivity index (χ1v) is 7.01. The highest BCUT2D eigenvalue weighted by molar-refractivity contribution is 8.06. The maximum Gasteiger partial charge on any atom is 0.376 e. The molecule has 1 heterocycles. The van der Waals surface area contributed by atoms with Gasteiger partial charge >= 0.3 is 6.72 Å². The van der Waals surface area contributed by atoms with Crippen molar-refractivity contribution in [2.75, 3.05) is 0 Å². The third-order valence-corrected chi connectivity index (χ3v) is 2.30. The molecule has 1 aromatic heterocycles. The van der Waals surface area contributed by atoms with Crippen molar-refractivity contribution in [3.8, 4) is 5.88 Å². The van der Waals surface area contributed by atoms with E-state index in [4.69, 9.17) is 14.3 Å². The second-order valence-corrected chi connectivity index (χ2v) is 6.04. The smallest absolute Gasteiger partial charge is 0.376 e. The summed E-state index contributed by atoms with van der Waals surface area (Å²) >= 11 is 4.38. The molecule has 0 saturated carbocycles. The quantitative estimate of drug-likeness (QED) is 0.789. The number of hydrogen-bond acceptors (Lipinski definition) is 4. The molecule has 0 fully saturated rings. The lowest BCUT2D eigenvalue weighted by atomic mass is 10.2. The molecule has 5 nitrogen and oxygen atoms in total. The van der Waals surface area contributed by atoms with E-state index in [0.29, 0.717) is 11.4 Å². The van der Waals surface area contributed by atoms with Crippen molar-refractivity contribution >= 4 is 18.5 Å². The number of rotatable bonds is 3. The predicted molar refractivity (Wildman–Crippen MR) is 60.2 cm³/mol. The van der Waals surface area contributed by atoms with Gasteiger partial charge in [-0.1, -0.05) is 13.8 Å². The molecule has 0 aromatic carbocycles. The summed E-state index contributed by atoms with van der Waals surface area (Å²) in [7, 11) is 0. The fourth-order valence-corrected chi connectivity index (χ4v) is 1.54. The van der Waals surface area contributed by atoms with E-state index in [0.717, 1.165) is 0 Å². The van der Waals surface area contributed by atoms with E-state index in [-0.39, 0.29) is 11.8 Å². The second-order valence-electron chi connectivity index (χ2n) is 3.45. The average Bonchev–Trinajstić information content (AvgIpc) is 2.06. The van der Waals surface area contributed by atoms with Gasteiger partial charge < -0.3 is 14.3 Å². The molecule has 1 aromatic rings. The Morgan fingerprint density at radius 3 is 2.53 bits per heavy atom. The van der Waals surface area contributed by atoms with Gasteiger partial charge in [0.1, 0.15) is 5.82 Å². The zero-order valence-electron chi connectivity index (χ0n) is 8.71. The molecule has 0 atom stereocenters. The Morgan fingerprint density at radius 2 is 2.07 bits per heavy atom. The van der Waals surface area contributed by atoms with Gasteiger partial charge in [-0.05, 0) is 6.92 Å². The summed E-state index contributed by atoms with van der Waals surface area (Å²) in [5.74, 6) is 0.865. The van der Waals surface area contributed by atoms with Crippen molar-refractivity contribution in [1.82, 2.24) is 9.97 Å². The number of aryl methyl sites for hydroxylation is 1. The maximum atomic E-state index is 9.02. The molecule has 0 spiro atoms. The molecule has 0 amide bonds. The summed E-state index contributed by atoms with van der Waals surface area (Å²) in [6.07, 6.45) is 1.57. The Hall–Kier alpha value is -0.550. The van der Waals surface area contributed by atoms with E-state index in [9.17, 15) is 0 Å². The Labute approximate surface area is 93.4 Å². The first kappa shape index (κ1) is 12.5. The molecule has 0 aliphatic heterocycles. The van der Waals surface area contributed by atoms with Crippen LogP contribution in [0.15, 0.2) is 6.20 Å². The SMILES string of the molecule is Cc1cnc(C(C)C)nc1OP(O)(O)=S. The molecule has 84 valence electrons. The minimum Gasteiger partial charge on any atom is -0.405 e. The van der Waals surface area contributed by atoms with Gasteiger partial charge in [0.05, 0.1) is 0 Å². The van der Waals surface area contributed by atoms with Crippen LogP contribution < -0.4 is 4.52 Å². The van der Waals surface area contributed by atoms with E-state index in [1.54, 1.807) is 13.1 Å². The molecule has 2 N–H and O–H groups in total. The van der Waals surface area contributed by atoms with Crippen molar-refractivity contribution in [2.24, 2.45) is 0 Å². The van der Waals surface area contributed by atoms with Crippen LogP contribution >= 0.6 is 6.72 Å². The molecule has 0 radical (unpaired) electrons. The summed E-state index contributed by atoms with van der Waals surface area (Å²) in [4.78, 5) is 26.2. The standard InChI is InChI=1S/C8H13N2O3PS/c1-5(2)7-9-4-6(3)8(10-7)13-14(11,12)15/h4-5H,1-3H3,(H2,11,12,15). The first-order chi connectivity index (χ1) is 6.79. The zero-order valence-corrected chi connectivity index (χ0v) is 10.4. The molecule has 0 bridgehead atoms. The molecule has 0 aliphatic rings. The van der Waals surface area contributed by atoms with Crippen LogP contribution in [0.3, 0.4) is 0 Å². The Kier molecular flexibility index (Phi) is 3.78. The normalized spacial score (nSPS) is 11.9. The molecular formula is C8H13N2O3PS. The van der Waals surface area contributed by atoms with Crippen molar-refractivity contribution in [1.29, 1.82) is 0 Å². The molecule has 15 heavy (non-hydrogen) atoms. The molecule has 0 unspecified atom stereocenters. The topological polar surface area (TPSA) is 75.5 Å². The van der Waals surface area contributed by atoms with E-state index in [1.807, 2.05) is 13.8 Å². The molecule has 1 rings (SSSR count). The third kappa shape index (κ3) is 3.83. The lowest BCUT2D eigenvalue weighted by molar-refractivity contribution is 0.362. The van der Waals surface area contributed by atoms with Crippen molar-refractivity contribution in [2.45, 2.75) is 26.7 Å². The number of nitrogens with zero attached hydrogens (tertiary/aromatic N) is 2. The van der Waals surface area contributed by atoms with Crippen molar-refractivity contribution in [3.63, 3.8) is 0 Å². The van der Waals surface area contributed by atoms with Gasteiger partial charge in [-0.15, -0.1) is 0 Å². The lowest BCUT2D eigenvalue weighted by Gasteiger charge is -2.12. The Morgan fingerprint density at radius 1 is 1.47 bits per heavy atom. The third-order valence-electron chi connectivity index (χ3n) is 1.67.